The summed E-state index contributed by atoms with van der Waals surface area (Å²) in [6.07, 6.45) is 0. The monoisotopic (exact) mass is 227 g/mol. The van der Waals surface area contributed by atoms with Gasteiger partial charge < -0.3 is 14.9 Å². The van der Waals surface area contributed by atoms with Gasteiger partial charge in [-0.1, -0.05) is 6.92 Å². The molecule has 0 radical (unpaired) electrons. The lowest BCUT2D eigenvalue weighted by Gasteiger charge is -2.07. The van der Waals surface area contributed by atoms with Gasteiger partial charge in [-0.2, -0.15) is 4.68 Å². The van der Waals surface area contributed by atoms with E-state index in [1.165, 1.54) is 17.9 Å². The van der Waals surface area contributed by atoms with Gasteiger partial charge in [-0.3, -0.25) is 4.79 Å². The van der Waals surface area contributed by atoms with Crippen LogP contribution in [0.1, 0.15) is 12.6 Å². The zero-order valence-corrected chi connectivity index (χ0v) is 9.34. The van der Waals surface area contributed by atoms with Gasteiger partial charge in [0.05, 0.1) is 36.4 Å². The number of aromatic nitrogens is 2. The van der Waals surface area contributed by atoms with Crippen LogP contribution in [0, 0.1) is 23.0 Å². The second kappa shape index (κ2) is 4.73. The van der Waals surface area contributed by atoms with Crippen molar-refractivity contribution >= 4 is 11.8 Å². The third kappa shape index (κ3) is 2.56. The molecular weight excluding hydrogens is 214 g/mol. The molecule has 0 saturated heterocycles. The second-order valence-corrected chi connectivity index (χ2v) is 3.51. The molecule has 1 aromatic heterocycles. The van der Waals surface area contributed by atoms with Crippen LogP contribution < -0.4 is 0 Å². The van der Waals surface area contributed by atoms with E-state index in [1.807, 2.05) is 0 Å². The highest BCUT2D eigenvalue weighted by Crippen LogP contribution is 2.13. The van der Waals surface area contributed by atoms with E-state index in [-0.39, 0.29) is 24.2 Å². The number of hydrogen-bond acceptors (Lipinski definition) is 5. The minimum absolute atomic E-state index is 0.213. The fraction of sp³-hybridized carbons (Fsp3) is 0.556. The summed E-state index contributed by atoms with van der Waals surface area (Å²) >= 11 is 0. The molecule has 0 saturated carbocycles. The van der Waals surface area contributed by atoms with Crippen molar-refractivity contribution in [2.45, 2.75) is 20.4 Å². The minimum Gasteiger partial charge on any atom is -0.469 e. The number of carbonyl (C=O) groups excluding carboxylic acids is 1. The highest BCUT2D eigenvalue weighted by Gasteiger charge is 2.20. The molecule has 0 aliphatic carbocycles. The molecule has 0 N–H and O–H groups in total. The third-order valence-electron chi connectivity index (χ3n) is 2.21. The van der Waals surface area contributed by atoms with E-state index >= 15 is 0 Å². The molecule has 0 aliphatic rings. The zero-order chi connectivity index (χ0) is 12.3. The lowest BCUT2D eigenvalue weighted by Crippen LogP contribution is -2.20. The Balaban J connectivity index is 2.81. The van der Waals surface area contributed by atoms with E-state index in [0.29, 0.717) is 5.69 Å². The molecule has 7 heteroatoms. The summed E-state index contributed by atoms with van der Waals surface area (Å²) in [6.45, 7) is 3.65. The molecule has 0 aliphatic heterocycles. The molecule has 7 nitrogen and oxygen atoms in total. The van der Waals surface area contributed by atoms with Crippen molar-refractivity contribution in [3.63, 3.8) is 0 Å². The van der Waals surface area contributed by atoms with Crippen molar-refractivity contribution in [3.8, 4) is 0 Å². The molecule has 0 amide bonds. The fourth-order valence-electron chi connectivity index (χ4n) is 1.30. The lowest BCUT2D eigenvalue weighted by molar-refractivity contribution is -0.389. The number of nitrogens with zero attached hydrogens (tertiary/aromatic N) is 3. The molecule has 1 heterocycles. The summed E-state index contributed by atoms with van der Waals surface area (Å²) in [5, 5.41) is 14.3. The molecule has 0 fully saturated rings. The van der Waals surface area contributed by atoms with Crippen molar-refractivity contribution < 1.29 is 14.5 Å². The molecule has 16 heavy (non-hydrogen) atoms. The van der Waals surface area contributed by atoms with Gasteiger partial charge in [0.15, 0.2) is 0 Å². The van der Waals surface area contributed by atoms with Gasteiger partial charge in [0, 0.05) is 0 Å². The number of ether oxygens (including phenoxy) is 1. The molecule has 0 spiro atoms. The van der Waals surface area contributed by atoms with Crippen LogP contribution in [0.15, 0.2) is 6.07 Å². The number of esters is 1. The first-order valence-corrected chi connectivity index (χ1v) is 4.72. The average molecular weight is 227 g/mol. The van der Waals surface area contributed by atoms with Gasteiger partial charge in [0.2, 0.25) is 0 Å². The first-order valence-electron chi connectivity index (χ1n) is 4.72. The maximum absolute atomic E-state index is 11.2. The van der Waals surface area contributed by atoms with Crippen molar-refractivity contribution in [1.82, 2.24) is 9.78 Å². The molecule has 1 aromatic rings. The summed E-state index contributed by atoms with van der Waals surface area (Å²) in [7, 11) is 1.30. The molecule has 1 atom stereocenters. The van der Waals surface area contributed by atoms with E-state index in [0.717, 1.165) is 0 Å². The highest BCUT2D eigenvalue weighted by molar-refractivity contribution is 5.71. The Labute approximate surface area is 92.2 Å². The Morgan fingerprint density at radius 3 is 2.81 bits per heavy atom. The minimum atomic E-state index is -0.563. The quantitative estimate of drug-likeness (QED) is 0.433. The van der Waals surface area contributed by atoms with E-state index in [2.05, 4.69) is 9.84 Å². The summed E-state index contributed by atoms with van der Waals surface area (Å²) in [6, 6.07) is 1.37. The van der Waals surface area contributed by atoms with Crippen LogP contribution in [0.2, 0.25) is 0 Å². The Kier molecular flexibility index (Phi) is 3.60. The third-order valence-corrected chi connectivity index (χ3v) is 2.21. The molecule has 1 unspecified atom stereocenters. The van der Waals surface area contributed by atoms with Crippen LogP contribution >= 0.6 is 0 Å². The Morgan fingerprint density at radius 2 is 2.38 bits per heavy atom. The molecular formula is C9H13N3O4. The highest BCUT2D eigenvalue weighted by atomic mass is 16.6. The number of aryl methyl sites for hydroxylation is 1. The topological polar surface area (TPSA) is 87.3 Å². The number of hydrogen-bond donors (Lipinski definition) is 0. The number of methoxy groups -OCH3 is 1. The average Bonchev–Trinajstić information content (AvgIpc) is 2.59. The summed E-state index contributed by atoms with van der Waals surface area (Å²) in [4.78, 5) is 21.1. The molecule has 0 aromatic carbocycles. The van der Waals surface area contributed by atoms with Crippen LogP contribution in [0.4, 0.5) is 5.82 Å². The van der Waals surface area contributed by atoms with E-state index in [4.69, 9.17) is 0 Å². The van der Waals surface area contributed by atoms with Gasteiger partial charge in [-0.25, -0.2) is 0 Å². The molecule has 0 bridgehead atoms. The van der Waals surface area contributed by atoms with E-state index in [9.17, 15) is 14.9 Å². The van der Waals surface area contributed by atoms with Crippen molar-refractivity contribution in [2.75, 3.05) is 7.11 Å². The SMILES string of the molecule is COC(=O)C(C)Cn1nc([N+](=O)[O-])cc1C. The van der Waals surface area contributed by atoms with Gasteiger partial charge in [0.25, 0.3) is 0 Å². The normalized spacial score (nSPS) is 12.2. The van der Waals surface area contributed by atoms with E-state index in [1.54, 1.807) is 13.8 Å². The van der Waals surface area contributed by atoms with Gasteiger partial charge >= 0.3 is 11.8 Å². The molecule has 88 valence electrons. The van der Waals surface area contributed by atoms with Gasteiger partial charge in [0.1, 0.15) is 0 Å². The standard InChI is InChI=1S/C9H13N3O4/c1-6(9(13)16-3)5-11-7(2)4-8(10-11)12(14)15/h4,6H,5H2,1-3H3. The van der Waals surface area contributed by atoms with Crippen LogP contribution in [-0.4, -0.2) is 27.8 Å². The van der Waals surface area contributed by atoms with Crippen molar-refractivity contribution in [3.05, 3.63) is 21.9 Å². The maximum atomic E-state index is 11.2. The number of rotatable bonds is 4. The zero-order valence-electron chi connectivity index (χ0n) is 9.34. The predicted octanol–water partition coefficient (Wildman–Crippen LogP) is 0.909. The first kappa shape index (κ1) is 12.2. The van der Waals surface area contributed by atoms with Gasteiger partial charge in [-0.15, -0.1) is 0 Å². The Bertz CT molecular complexity index is 413. The summed E-state index contributed by atoms with van der Waals surface area (Å²) in [5.74, 6) is -0.963. The number of nitro groups is 1. The van der Waals surface area contributed by atoms with Crippen LogP contribution in [0.25, 0.3) is 0 Å². The van der Waals surface area contributed by atoms with Crippen molar-refractivity contribution in [2.24, 2.45) is 5.92 Å². The summed E-state index contributed by atoms with van der Waals surface area (Å²) in [5.41, 5.74) is 0.641. The maximum Gasteiger partial charge on any atom is 0.390 e. The van der Waals surface area contributed by atoms with Crippen LogP contribution in [0.3, 0.4) is 0 Å². The van der Waals surface area contributed by atoms with Crippen LogP contribution in [-0.2, 0) is 16.1 Å². The predicted molar refractivity (Wildman–Crippen MR) is 54.8 cm³/mol. The Hall–Kier alpha value is -1.92. The fourth-order valence-corrected chi connectivity index (χ4v) is 1.30. The largest absolute Gasteiger partial charge is 0.469 e. The Morgan fingerprint density at radius 1 is 1.75 bits per heavy atom. The van der Waals surface area contributed by atoms with Crippen molar-refractivity contribution in [1.29, 1.82) is 0 Å². The smallest absolute Gasteiger partial charge is 0.390 e. The lowest BCUT2D eigenvalue weighted by atomic mass is 10.2. The van der Waals surface area contributed by atoms with Crippen LogP contribution in [0.5, 0.6) is 0 Å². The second-order valence-electron chi connectivity index (χ2n) is 3.51. The first-order chi connectivity index (χ1) is 7.45. The molecule has 1 rings (SSSR count). The number of carbonyl (C=O) groups is 1. The van der Waals surface area contributed by atoms with E-state index < -0.39 is 4.92 Å². The summed E-state index contributed by atoms with van der Waals surface area (Å²) < 4.78 is 5.99. The van der Waals surface area contributed by atoms with Gasteiger partial charge in [-0.05, 0) is 11.8 Å².